The van der Waals surface area contributed by atoms with Crippen LogP contribution in [0.4, 0.5) is 5.69 Å². The Morgan fingerprint density at radius 2 is 2.06 bits per heavy atom. The number of benzene rings is 1. The van der Waals surface area contributed by atoms with E-state index in [-0.39, 0.29) is 0 Å². The van der Waals surface area contributed by atoms with Crippen molar-refractivity contribution in [1.29, 1.82) is 0 Å². The molecule has 82 valence electrons. The molecule has 0 bridgehead atoms. The number of dihydropyridines is 1. The Balaban J connectivity index is 2.18. The first kappa shape index (κ1) is 10.4. The molecule has 1 aromatic rings. The SMILES string of the molecule is NC(=O)C1=CCCN=C1Nc1ccccc1. The van der Waals surface area contributed by atoms with Gasteiger partial charge in [-0.3, -0.25) is 9.79 Å². The molecular formula is C12H13N3O. The predicted molar refractivity (Wildman–Crippen MR) is 64.3 cm³/mol. The largest absolute Gasteiger partial charge is 0.365 e. The zero-order valence-corrected chi connectivity index (χ0v) is 8.81. The number of carbonyl (C=O) groups excluding carboxylic acids is 1. The maximum atomic E-state index is 11.2. The van der Waals surface area contributed by atoms with E-state index < -0.39 is 5.91 Å². The number of anilines is 1. The van der Waals surface area contributed by atoms with E-state index in [1.807, 2.05) is 36.4 Å². The number of hydrogen-bond donors (Lipinski definition) is 2. The molecule has 0 spiro atoms. The maximum Gasteiger partial charge on any atom is 0.252 e. The van der Waals surface area contributed by atoms with Gasteiger partial charge in [0, 0.05) is 12.2 Å². The summed E-state index contributed by atoms with van der Waals surface area (Å²) in [6.45, 7) is 0.686. The summed E-state index contributed by atoms with van der Waals surface area (Å²) in [4.78, 5) is 15.5. The molecule has 3 N–H and O–H groups in total. The van der Waals surface area contributed by atoms with Crippen molar-refractivity contribution in [3.63, 3.8) is 0 Å². The zero-order valence-electron chi connectivity index (χ0n) is 8.81. The summed E-state index contributed by atoms with van der Waals surface area (Å²) in [5, 5.41) is 3.09. The van der Waals surface area contributed by atoms with Crippen LogP contribution in [0.2, 0.25) is 0 Å². The first-order chi connectivity index (χ1) is 7.77. The van der Waals surface area contributed by atoms with Gasteiger partial charge in [0.25, 0.3) is 5.91 Å². The highest BCUT2D eigenvalue weighted by Gasteiger charge is 2.15. The van der Waals surface area contributed by atoms with E-state index in [2.05, 4.69) is 10.3 Å². The van der Waals surface area contributed by atoms with Crippen molar-refractivity contribution in [2.75, 3.05) is 11.9 Å². The summed E-state index contributed by atoms with van der Waals surface area (Å²) in [6.07, 6.45) is 2.58. The van der Waals surface area contributed by atoms with Gasteiger partial charge in [-0.1, -0.05) is 24.3 Å². The molecule has 1 aliphatic rings. The molecule has 0 radical (unpaired) electrons. The average molecular weight is 215 g/mol. The number of nitrogens with zero attached hydrogens (tertiary/aromatic N) is 1. The second kappa shape index (κ2) is 4.61. The van der Waals surface area contributed by atoms with Crippen molar-refractivity contribution in [3.8, 4) is 0 Å². The van der Waals surface area contributed by atoms with Gasteiger partial charge in [-0.15, -0.1) is 0 Å². The van der Waals surface area contributed by atoms with Crippen LogP contribution in [0, 0.1) is 0 Å². The van der Waals surface area contributed by atoms with Gasteiger partial charge in [0.1, 0.15) is 5.84 Å². The fourth-order valence-electron chi connectivity index (χ4n) is 1.55. The third-order valence-corrected chi connectivity index (χ3v) is 2.30. The van der Waals surface area contributed by atoms with Crippen LogP contribution < -0.4 is 11.1 Å². The van der Waals surface area contributed by atoms with Gasteiger partial charge < -0.3 is 11.1 Å². The van der Waals surface area contributed by atoms with E-state index >= 15 is 0 Å². The lowest BCUT2D eigenvalue weighted by Crippen LogP contribution is -2.28. The third kappa shape index (κ3) is 2.28. The van der Waals surface area contributed by atoms with Crippen molar-refractivity contribution in [3.05, 3.63) is 42.0 Å². The molecule has 0 aliphatic carbocycles. The fourth-order valence-corrected chi connectivity index (χ4v) is 1.55. The molecule has 0 atom stereocenters. The highest BCUT2D eigenvalue weighted by atomic mass is 16.1. The Bertz CT molecular complexity index is 449. The number of nitrogens with two attached hydrogens (primary N) is 1. The monoisotopic (exact) mass is 215 g/mol. The molecule has 4 nitrogen and oxygen atoms in total. The standard InChI is InChI=1S/C12H13N3O/c13-11(16)10-7-4-8-14-12(10)15-9-5-2-1-3-6-9/h1-3,5-7H,4,8H2,(H2,13,16)(H,14,15). The van der Waals surface area contributed by atoms with Crippen LogP contribution in [0.5, 0.6) is 0 Å². The number of para-hydroxylation sites is 1. The zero-order chi connectivity index (χ0) is 11.4. The molecule has 4 heteroatoms. The molecule has 0 saturated carbocycles. The number of amides is 1. The molecule has 1 aliphatic heterocycles. The van der Waals surface area contributed by atoms with Gasteiger partial charge in [0.15, 0.2) is 0 Å². The summed E-state index contributed by atoms with van der Waals surface area (Å²) in [5.74, 6) is 0.117. The fraction of sp³-hybridized carbons (Fsp3) is 0.167. The molecule has 1 heterocycles. The van der Waals surface area contributed by atoms with Gasteiger partial charge in [-0.25, -0.2) is 0 Å². The summed E-state index contributed by atoms with van der Waals surface area (Å²) in [6, 6.07) is 9.59. The number of carbonyl (C=O) groups is 1. The summed E-state index contributed by atoms with van der Waals surface area (Å²) in [7, 11) is 0. The minimum atomic E-state index is -0.443. The number of amidine groups is 1. The van der Waals surface area contributed by atoms with E-state index in [4.69, 9.17) is 5.73 Å². The second-order valence-electron chi connectivity index (χ2n) is 3.49. The van der Waals surface area contributed by atoms with E-state index in [0.29, 0.717) is 18.0 Å². The lowest BCUT2D eigenvalue weighted by Gasteiger charge is -2.14. The quantitative estimate of drug-likeness (QED) is 0.781. The van der Waals surface area contributed by atoms with Crippen molar-refractivity contribution < 1.29 is 4.79 Å². The van der Waals surface area contributed by atoms with E-state index in [0.717, 1.165) is 12.1 Å². The Morgan fingerprint density at radius 3 is 2.75 bits per heavy atom. The van der Waals surface area contributed by atoms with Crippen LogP contribution >= 0.6 is 0 Å². The van der Waals surface area contributed by atoms with Crippen molar-refractivity contribution >= 4 is 17.4 Å². The minimum Gasteiger partial charge on any atom is -0.365 e. The molecule has 2 rings (SSSR count). The van der Waals surface area contributed by atoms with Gasteiger partial charge in [-0.05, 0) is 18.6 Å². The van der Waals surface area contributed by atoms with Gasteiger partial charge >= 0.3 is 0 Å². The molecule has 1 amide bonds. The summed E-state index contributed by atoms with van der Waals surface area (Å²) in [5.41, 5.74) is 6.65. The van der Waals surface area contributed by atoms with Gasteiger partial charge in [0.2, 0.25) is 0 Å². The van der Waals surface area contributed by atoms with Gasteiger partial charge in [-0.2, -0.15) is 0 Å². The number of primary amides is 1. The Kier molecular flexibility index (Phi) is 3.00. The number of aliphatic imine (C=N–C) groups is 1. The third-order valence-electron chi connectivity index (χ3n) is 2.30. The van der Waals surface area contributed by atoms with Crippen molar-refractivity contribution in [2.45, 2.75) is 6.42 Å². The minimum absolute atomic E-state index is 0.443. The number of hydrogen-bond acceptors (Lipinski definition) is 3. The first-order valence-electron chi connectivity index (χ1n) is 5.14. The smallest absolute Gasteiger partial charge is 0.252 e. The van der Waals surface area contributed by atoms with Crippen molar-refractivity contribution in [1.82, 2.24) is 0 Å². The summed E-state index contributed by atoms with van der Waals surface area (Å²) < 4.78 is 0. The lowest BCUT2D eigenvalue weighted by atomic mass is 10.1. The second-order valence-corrected chi connectivity index (χ2v) is 3.49. The maximum absolute atomic E-state index is 11.2. The van der Waals surface area contributed by atoms with Crippen LogP contribution in [-0.2, 0) is 4.79 Å². The number of rotatable bonds is 2. The molecular weight excluding hydrogens is 202 g/mol. The van der Waals surface area contributed by atoms with Crippen LogP contribution in [0.25, 0.3) is 0 Å². The molecule has 1 aromatic carbocycles. The Morgan fingerprint density at radius 1 is 1.31 bits per heavy atom. The molecule has 0 unspecified atom stereocenters. The Hall–Kier alpha value is -2.10. The normalized spacial score (nSPS) is 15.0. The molecule has 0 fully saturated rings. The van der Waals surface area contributed by atoms with E-state index in [1.54, 1.807) is 0 Å². The average Bonchev–Trinajstić information content (AvgIpc) is 2.31. The van der Waals surface area contributed by atoms with E-state index in [1.165, 1.54) is 0 Å². The van der Waals surface area contributed by atoms with Crippen LogP contribution in [0.15, 0.2) is 47.0 Å². The number of nitrogens with one attached hydrogen (secondary N) is 1. The molecule has 16 heavy (non-hydrogen) atoms. The molecule has 0 saturated heterocycles. The first-order valence-corrected chi connectivity index (χ1v) is 5.14. The predicted octanol–water partition coefficient (Wildman–Crippen LogP) is 1.31. The summed E-state index contributed by atoms with van der Waals surface area (Å²) >= 11 is 0. The van der Waals surface area contributed by atoms with Crippen LogP contribution in [0.3, 0.4) is 0 Å². The van der Waals surface area contributed by atoms with E-state index in [9.17, 15) is 4.79 Å². The topological polar surface area (TPSA) is 67.5 Å². The lowest BCUT2D eigenvalue weighted by molar-refractivity contribution is -0.114. The van der Waals surface area contributed by atoms with Crippen LogP contribution in [0.1, 0.15) is 6.42 Å². The molecule has 0 aromatic heterocycles. The van der Waals surface area contributed by atoms with Gasteiger partial charge in [0.05, 0.1) is 5.57 Å². The Labute approximate surface area is 93.9 Å². The highest BCUT2D eigenvalue weighted by Crippen LogP contribution is 2.12. The highest BCUT2D eigenvalue weighted by molar-refractivity contribution is 6.25. The van der Waals surface area contributed by atoms with Crippen LogP contribution in [-0.4, -0.2) is 18.3 Å². The van der Waals surface area contributed by atoms with Crippen molar-refractivity contribution in [2.24, 2.45) is 10.7 Å².